The van der Waals surface area contributed by atoms with Gasteiger partial charge in [-0.25, -0.2) is 0 Å². The number of hydrogen-bond donors (Lipinski definition) is 0. The van der Waals surface area contributed by atoms with Gasteiger partial charge < -0.3 is 4.57 Å². The van der Waals surface area contributed by atoms with Crippen molar-refractivity contribution >= 4 is 16.8 Å². The normalized spacial score (nSPS) is 11.6. The topological polar surface area (TPSA) is 35.1 Å². The summed E-state index contributed by atoms with van der Waals surface area (Å²) in [7, 11) is 2.01. The van der Waals surface area contributed by atoms with Crippen LogP contribution >= 0.6 is 0 Å². The largest absolute Gasteiger partial charge is 0.311 e. The Bertz CT molecular complexity index is 617. The maximum absolute atomic E-state index is 4.13. The summed E-state index contributed by atoms with van der Waals surface area (Å²) in [5.41, 5.74) is 2.34. The van der Waals surface area contributed by atoms with Gasteiger partial charge in [-0.3, -0.25) is 4.40 Å². The van der Waals surface area contributed by atoms with Crippen molar-refractivity contribution in [3.63, 3.8) is 0 Å². The number of imidazole rings is 1. The molecule has 0 saturated heterocycles. The lowest BCUT2D eigenvalue weighted by atomic mass is 10.3. The van der Waals surface area contributed by atoms with Crippen molar-refractivity contribution in [1.29, 1.82) is 0 Å². The van der Waals surface area contributed by atoms with E-state index in [-0.39, 0.29) is 0 Å². The zero-order valence-electron chi connectivity index (χ0n) is 8.10. The average molecular weight is 186 g/mol. The molecule has 0 fully saturated rings. The summed E-state index contributed by atoms with van der Waals surface area (Å²) in [6, 6.07) is 8.23. The Labute approximate surface area is 80.8 Å². The molecule has 0 aliphatic heterocycles. The van der Waals surface area contributed by atoms with Gasteiger partial charge in [-0.15, -0.1) is 10.2 Å². The molecular weight excluding hydrogens is 176 g/mol. The molecule has 0 N–H and O–H groups in total. The zero-order chi connectivity index (χ0) is 9.71. The van der Waals surface area contributed by atoms with E-state index in [4.69, 9.17) is 0 Å². The first-order valence-electron chi connectivity index (χ1n) is 4.54. The van der Waals surface area contributed by atoms with Gasteiger partial charge in [-0.1, -0.05) is 12.1 Å². The molecule has 0 bridgehead atoms. The molecule has 4 heteroatoms. The fraction of sp³-hybridized carbons (Fsp3) is 0.200. The van der Waals surface area contributed by atoms with Gasteiger partial charge in [0.15, 0.2) is 0 Å². The molecule has 2 aromatic heterocycles. The fourth-order valence-corrected chi connectivity index (χ4v) is 1.89. The van der Waals surface area contributed by atoms with Gasteiger partial charge >= 0.3 is 0 Å². The van der Waals surface area contributed by atoms with Crippen molar-refractivity contribution in [2.24, 2.45) is 7.05 Å². The third kappa shape index (κ3) is 0.731. The van der Waals surface area contributed by atoms with Gasteiger partial charge in [0, 0.05) is 7.05 Å². The van der Waals surface area contributed by atoms with Gasteiger partial charge in [0.25, 0.3) is 0 Å². The molecule has 2 heterocycles. The van der Waals surface area contributed by atoms with Crippen LogP contribution in [0.4, 0.5) is 0 Å². The highest BCUT2D eigenvalue weighted by atomic mass is 15.3. The van der Waals surface area contributed by atoms with Crippen LogP contribution < -0.4 is 0 Å². The molecule has 70 valence electrons. The summed E-state index contributed by atoms with van der Waals surface area (Å²) in [6.07, 6.45) is 0. The summed E-state index contributed by atoms with van der Waals surface area (Å²) in [5, 5.41) is 8.19. The highest BCUT2D eigenvalue weighted by molar-refractivity contribution is 5.80. The number of fused-ring (bicyclic) bond motifs is 3. The Balaban J connectivity index is 2.70. The second-order valence-electron chi connectivity index (χ2n) is 3.43. The Hall–Kier alpha value is -1.84. The van der Waals surface area contributed by atoms with Crippen molar-refractivity contribution in [2.75, 3.05) is 0 Å². The molecule has 0 spiro atoms. The molecule has 14 heavy (non-hydrogen) atoms. The van der Waals surface area contributed by atoms with Crippen LogP contribution in [0.25, 0.3) is 16.8 Å². The zero-order valence-corrected chi connectivity index (χ0v) is 8.10. The maximum Gasteiger partial charge on any atom is 0.236 e. The van der Waals surface area contributed by atoms with E-state index < -0.39 is 0 Å². The van der Waals surface area contributed by atoms with Crippen LogP contribution in [0.2, 0.25) is 0 Å². The van der Waals surface area contributed by atoms with Crippen molar-refractivity contribution < 1.29 is 0 Å². The smallest absolute Gasteiger partial charge is 0.236 e. The van der Waals surface area contributed by atoms with Crippen LogP contribution in [-0.4, -0.2) is 19.2 Å². The number of nitrogens with zero attached hydrogens (tertiary/aromatic N) is 4. The van der Waals surface area contributed by atoms with Gasteiger partial charge in [0.05, 0.1) is 11.0 Å². The third-order valence-electron chi connectivity index (χ3n) is 2.59. The highest BCUT2D eigenvalue weighted by Gasteiger charge is 2.10. The lowest BCUT2D eigenvalue weighted by Crippen LogP contribution is -1.87. The number of benzene rings is 1. The van der Waals surface area contributed by atoms with E-state index in [1.807, 2.05) is 26.1 Å². The maximum atomic E-state index is 4.13. The van der Waals surface area contributed by atoms with Crippen LogP contribution in [0.3, 0.4) is 0 Å². The number of aryl methyl sites for hydroxylation is 2. The minimum Gasteiger partial charge on any atom is -0.311 e. The summed E-state index contributed by atoms with van der Waals surface area (Å²) >= 11 is 0. The van der Waals surface area contributed by atoms with Crippen molar-refractivity contribution in [2.45, 2.75) is 6.92 Å². The van der Waals surface area contributed by atoms with E-state index in [9.17, 15) is 0 Å². The summed E-state index contributed by atoms with van der Waals surface area (Å²) in [5.74, 6) is 1.82. The third-order valence-corrected chi connectivity index (χ3v) is 2.59. The summed E-state index contributed by atoms with van der Waals surface area (Å²) in [6.45, 7) is 1.96. The molecule has 0 amide bonds. The SMILES string of the molecule is Cc1nnc2n(C)c3ccccc3n12. The molecule has 0 aliphatic carbocycles. The monoisotopic (exact) mass is 186 g/mol. The van der Waals surface area contributed by atoms with Crippen molar-refractivity contribution in [3.8, 4) is 0 Å². The predicted octanol–water partition coefficient (Wildman–Crippen LogP) is 1.53. The second-order valence-corrected chi connectivity index (χ2v) is 3.43. The number of rotatable bonds is 0. The molecule has 1 aromatic carbocycles. The first-order valence-corrected chi connectivity index (χ1v) is 4.54. The van der Waals surface area contributed by atoms with E-state index in [0.29, 0.717) is 0 Å². The van der Waals surface area contributed by atoms with Crippen LogP contribution in [0.5, 0.6) is 0 Å². The van der Waals surface area contributed by atoms with E-state index in [2.05, 4.69) is 31.3 Å². The van der Waals surface area contributed by atoms with E-state index in [0.717, 1.165) is 17.1 Å². The van der Waals surface area contributed by atoms with Crippen LogP contribution in [0.15, 0.2) is 24.3 Å². The van der Waals surface area contributed by atoms with Gasteiger partial charge in [0.2, 0.25) is 5.78 Å². The van der Waals surface area contributed by atoms with Crippen LogP contribution in [-0.2, 0) is 7.05 Å². The summed E-state index contributed by atoms with van der Waals surface area (Å²) < 4.78 is 4.12. The van der Waals surface area contributed by atoms with Gasteiger partial charge in [-0.2, -0.15) is 0 Å². The second kappa shape index (κ2) is 2.35. The predicted molar refractivity (Wildman–Crippen MR) is 54.2 cm³/mol. The lowest BCUT2D eigenvalue weighted by molar-refractivity contribution is 0.953. The van der Waals surface area contributed by atoms with Crippen molar-refractivity contribution in [3.05, 3.63) is 30.1 Å². The Morgan fingerprint density at radius 1 is 1.07 bits per heavy atom. The van der Waals surface area contributed by atoms with Crippen LogP contribution in [0, 0.1) is 6.92 Å². The molecule has 0 saturated carbocycles. The number of aromatic nitrogens is 4. The lowest BCUT2D eigenvalue weighted by Gasteiger charge is -1.92. The van der Waals surface area contributed by atoms with Crippen LogP contribution in [0.1, 0.15) is 5.82 Å². The standard InChI is InChI=1S/C10H10N4/c1-7-11-12-10-13(2)8-5-3-4-6-9(8)14(7)10/h3-6H,1-2H3. The Kier molecular flexibility index (Phi) is 1.27. The number of hydrogen-bond acceptors (Lipinski definition) is 2. The molecule has 0 radical (unpaired) electrons. The average Bonchev–Trinajstić information content (AvgIpc) is 2.70. The quantitative estimate of drug-likeness (QED) is 0.533. The van der Waals surface area contributed by atoms with Gasteiger partial charge in [-0.05, 0) is 19.1 Å². The molecule has 4 nitrogen and oxygen atoms in total. The first-order chi connectivity index (χ1) is 6.79. The minimum absolute atomic E-state index is 0.892. The van der Waals surface area contributed by atoms with E-state index in [1.54, 1.807) is 0 Å². The fourth-order valence-electron chi connectivity index (χ4n) is 1.89. The number of para-hydroxylation sites is 2. The highest BCUT2D eigenvalue weighted by Crippen LogP contribution is 2.18. The summed E-state index contributed by atoms with van der Waals surface area (Å²) in [4.78, 5) is 0. The molecule has 0 aliphatic rings. The first kappa shape index (κ1) is 7.55. The van der Waals surface area contributed by atoms with E-state index in [1.165, 1.54) is 5.52 Å². The Morgan fingerprint density at radius 2 is 1.79 bits per heavy atom. The molecular formula is C10H10N4. The molecule has 3 rings (SSSR count). The Morgan fingerprint density at radius 3 is 2.57 bits per heavy atom. The molecule has 0 unspecified atom stereocenters. The van der Waals surface area contributed by atoms with Gasteiger partial charge in [0.1, 0.15) is 5.82 Å². The minimum atomic E-state index is 0.892. The molecule has 0 atom stereocenters. The van der Waals surface area contributed by atoms with E-state index >= 15 is 0 Å². The van der Waals surface area contributed by atoms with Crippen molar-refractivity contribution in [1.82, 2.24) is 19.2 Å². The molecule has 3 aromatic rings.